The van der Waals surface area contributed by atoms with Gasteiger partial charge in [0.15, 0.2) is 0 Å². The first-order valence-electron chi connectivity index (χ1n) is 7.87. The molecule has 0 aromatic heterocycles. The van der Waals surface area contributed by atoms with Gasteiger partial charge in [0.2, 0.25) is 5.91 Å². The number of nitrogens with two attached hydrogens (primary N) is 1. The van der Waals surface area contributed by atoms with Gasteiger partial charge >= 0.3 is 0 Å². The summed E-state index contributed by atoms with van der Waals surface area (Å²) in [5, 5.41) is 2.90. The van der Waals surface area contributed by atoms with Crippen molar-refractivity contribution < 1.29 is 9.59 Å². The number of aryl methyl sites for hydroxylation is 1. The topological polar surface area (TPSA) is 75.4 Å². The minimum Gasteiger partial charge on any atom is -0.352 e. The highest BCUT2D eigenvalue weighted by atomic mass is 16.2. The van der Waals surface area contributed by atoms with Crippen molar-refractivity contribution in [2.75, 3.05) is 19.6 Å². The molecular weight excluding hydrogens is 278 g/mol. The van der Waals surface area contributed by atoms with E-state index in [1.165, 1.54) is 0 Å². The summed E-state index contributed by atoms with van der Waals surface area (Å²) in [5.41, 5.74) is 7.34. The largest absolute Gasteiger partial charge is 0.352 e. The fourth-order valence-corrected chi connectivity index (χ4v) is 2.67. The van der Waals surface area contributed by atoms with Gasteiger partial charge in [-0.3, -0.25) is 9.59 Å². The van der Waals surface area contributed by atoms with Crippen molar-refractivity contribution in [2.24, 2.45) is 11.7 Å². The fourth-order valence-electron chi connectivity index (χ4n) is 2.67. The van der Waals surface area contributed by atoms with Gasteiger partial charge < -0.3 is 16.0 Å². The first-order valence-corrected chi connectivity index (χ1v) is 7.87. The van der Waals surface area contributed by atoms with Gasteiger partial charge in [-0.25, -0.2) is 0 Å². The number of carbonyl (C=O) groups excluding carboxylic acids is 2. The monoisotopic (exact) mass is 303 g/mol. The number of rotatable bonds is 4. The van der Waals surface area contributed by atoms with Crippen LogP contribution in [0.4, 0.5) is 0 Å². The molecule has 120 valence electrons. The summed E-state index contributed by atoms with van der Waals surface area (Å²) in [6, 6.07) is 7.53. The summed E-state index contributed by atoms with van der Waals surface area (Å²) in [6.45, 7) is 5.49. The normalized spacial score (nSPS) is 19.6. The number of likely N-dealkylation sites (tertiary alicyclic amines) is 1. The molecule has 1 aromatic carbocycles. The Kier molecular flexibility index (Phi) is 5.55. The van der Waals surface area contributed by atoms with E-state index in [4.69, 9.17) is 5.73 Å². The quantitative estimate of drug-likeness (QED) is 0.880. The van der Waals surface area contributed by atoms with Crippen LogP contribution >= 0.6 is 0 Å². The summed E-state index contributed by atoms with van der Waals surface area (Å²) in [6.07, 6.45) is 1.67. The lowest BCUT2D eigenvalue weighted by molar-refractivity contribution is -0.126. The first-order chi connectivity index (χ1) is 10.5. The molecular formula is C17H25N3O2. The van der Waals surface area contributed by atoms with E-state index in [-0.39, 0.29) is 23.8 Å². The molecule has 1 heterocycles. The summed E-state index contributed by atoms with van der Waals surface area (Å²) >= 11 is 0. The molecule has 1 aliphatic rings. The molecule has 1 saturated heterocycles. The van der Waals surface area contributed by atoms with Crippen molar-refractivity contribution in [1.29, 1.82) is 0 Å². The number of hydrogen-bond donors (Lipinski definition) is 2. The predicted molar refractivity (Wildman–Crippen MR) is 86.5 cm³/mol. The number of amides is 2. The number of nitrogens with one attached hydrogen (secondary N) is 1. The lowest BCUT2D eigenvalue weighted by Crippen LogP contribution is -2.48. The Labute approximate surface area is 131 Å². The van der Waals surface area contributed by atoms with Crippen LogP contribution in [0.25, 0.3) is 0 Å². The van der Waals surface area contributed by atoms with Crippen LogP contribution in [0, 0.1) is 12.8 Å². The second-order valence-electron chi connectivity index (χ2n) is 6.10. The first kappa shape index (κ1) is 16.5. The maximum atomic E-state index is 12.5. The lowest BCUT2D eigenvalue weighted by atomic mass is 9.96. The molecule has 22 heavy (non-hydrogen) atoms. The molecule has 1 aromatic rings. The van der Waals surface area contributed by atoms with Gasteiger partial charge in [-0.15, -0.1) is 0 Å². The zero-order valence-corrected chi connectivity index (χ0v) is 13.3. The maximum Gasteiger partial charge on any atom is 0.253 e. The van der Waals surface area contributed by atoms with Crippen molar-refractivity contribution in [3.63, 3.8) is 0 Å². The summed E-state index contributed by atoms with van der Waals surface area (Å²) in [4.78, 5) is 26.5. The average Bonchev–Trinajstić information content (AvgIpc) is 2.54. The van der Waals surface area contributed by atoms with E-state index in [2.05, 4.69) is 5.32 Å². The Morgan fingerprint density at radius 1 is 1.36 bits per heavy atom. The van der Waals surface area contributed by atoms with Crippen molar-refractivity contribution >= 4 is 11.8 Å². The van der Waals surface area contributed by atoms with Crippen LogP contribution in [-0.2, 0) is 4.79 Å². The summed E-state index contributed by atoms with van der Waals surface area (Å²) in [7, 11) is 0. The van der Waals surface area contributed by atoms with Gasteiger partial charge in [0.05, 0.1) is 5.92 Å². The summed E-state index contributed by atoms with van der Waals surface area (Å²) < 4.78 is 0. The van der Waals surface area contributed by atoms with Crippen LogP contribution in [0.2, 0.25) is 0 Å². The molecule has 0 saturated carbocycles. The van der Waals surface area contributed by atoms with E-state index < -0.39 is 0 Å². The molecule has 0 radical (unpaired) electrons. The zero-order chi connectivity index (χ0) is 16.1. The Bertz CT molecular complexity index is 527. The smallest absolute Gasteiger partial charge is 0.253 e. The van der Waals surface area contributed by atoms with E-state index >= 15 is 0 Å². The molecule has 1 aliphatic heterocycles. The number of carbonyl (C=O) groups is 2. The minimum absolute atomic E-state index is 0.000596. The van der Waals surface area contributed by atoms with Gasteiger partial charge in [-0.1, -0.05) is 17.7 Å². The van der Waals surface area contributed by atoms with Crippen LogP contribution in [-0.4, -0.2) is 42.4 Å². The van der Waals surface area contributed by atoms with Crippen LogP contribution in [0.15, 0.2) is 24.3 Å². The zero-order valence-electron chi connectivity index (χ0n) is 13.3. The third-order valence-electron chi connectivity index (χ3n) is 4.12. The van der Waals surface area contributed by atoms with Gasteiger partial charge in [0, 0.05) is 31.2 Å². The third kappa shape index (κ3) is 4.07. The molecule has 5 nitrogen and oxygen atoms in total. The minimum atomic E-state index is -0.142. The molecule has 0 aliphatic carbocycles. The Hall–Kier alpha value is -1.88. The summed E-state index contributed by atoms with van der Waals surface area (Å²) in [5.74, 6) is -0.138. The van der Waals surface area contributed by atoms with Crippen LogP contribution in [0.5, 0.6) is 0 Å². The van der Waals surface area contributed by atoms with Gasteiger partial charge in [0.1, 0.15) is 0 Å². The number of hydrogen-bond acceptors (Lipinski definition) is 3. The second-order valence-corrected chi connectivity index (χ2v) is 6.10. The predicted octanol–water partition coefficient (Wildman–Crippen LogP) is 1.31. The number of benzene rings is 1. The molecule has 3 N–H and O–H groups in total. The van der Waals surface area contributed by atoms with E-state index in [9.17, 15) is 9.59 Å². The second kappa shape index (κ2) is 7.40. The highest BCUT2D eigenvalue weighted by molar-refractivity contribution is 5.94. The SMILES string of the molecule is Cc1ccc(C(=O)N2CCCC(C(=O)N[C@@H](C)CN)C2)cc1. The molecule has 5 heteroatoms. The van der Waals surface area contributed by atoms with Crippen molar-refractivity contribution in [2.45, 2.75) is 32.7 Å². The molecule has 0 bridgehead atoms. The molecule has 1 unspecified atom stereocenters. The molecule has 2 amide bonds. The highest BCUT2D eigenvalue weighted by Gasteiger charge is 2.29. The van der Waals surface area contributed by atoms with Gasteiger partial charge in [0.25, 0.3) is 5.91 Å². The molecule has 0 spiro atoms. The highest BCUT2D eigenvalue weighted by Crippen LogP contribution is 2.19. The molecule has 1 fully saturated rings. The standard InChI is InChI=1S/C17H25N3O2/c1-12-5-7-14(8-6-12)17(22)20-9-3-4-15(11-20)16(21)19-13(2)10-18/h5-8,13,15H,3-4,9-11,18H2,1-2H3,(H,19,21)/t13-,15?/m0/s1. The van der Waals surface area contributed by atoms with Crippen molar-refractivity contribution in [1.82, 2.24) is 10.2 Å². The lowest BCUT2D eigenvalue weighted by Gasteiger charge is -2.32. The van der Waals surface area contributed by atoms with Crippen molar-refractivity contribution in [3.05, 3.63) is 35.4 Å². The van der Waals surface area contributed by atoms with E-state index in [1.54, 1.807) is 4.90 Å². The number of nitrogens with zero attached hydrogens (tertiary/aromatic N) is 1. The van der Waals surface area contributed by atoms with Crippen molar-refractivity contribution in [3.8, 4) is 0 Å². The average molecular weight is 303 g/mol. The fraction of sp³-hybridized carbons (Fsp3) is 0.529. The van der Waals surface area contributed by atoms with E-state index in [0.29, 0.717) is 25.2 Å². The van der Waals surface area contributed by atoms with E-state index in [0.717, 1.165) is 18.4 Å². The van der Waals surface area contributed by atoms with Gasteiger partial charge in [-0.05, 0) is 38.8 Å². The van der Waals surface area contributed by atoms with Crippen LogP contribution in [0.1, 0.15) is 35.7 Å². The number of piperidine rings is 1. The Balaban J connectivity index is 1.99. The molecule has 2 rings (SSSR count). The van der Waals surface area contributed by atoms with Gasteiger partial charge in [-0.2, -0.15) is 0 Å². The van der Waals surface area contributed by atoms with Crippen LogP contribution < -0.4 is 11.1 Å². The Morgan fingerprint density at radius 2 is 2.05 bits per heavy atom. The Morgan fingerprint density at radius 3 is 2.68 bits per heavy atom. The van der Waals surface area contributed by atoms with E-state index in [1.807, 2.05) is 38.1 Å². The molecule has 2 atom stereocenters. The third-order valence-corrected chi connectivity index (χ3v) is 4.12. The maximum absolute atomic E-state index is 12.5. The van der Waals surface area contributed by atoms with Crippen LogP contribution in [0.3, 0.4) is 0 Å².